The zero-order chi connectivity index (χ0) is 13.5. The number of aromatic carboxylic acids is 1. The Morgan fingerprint density at radius 2 is 1.89 bits per heavy atom. The largest absolute Gasteiger partial charge is 0.545 e. The molecule has 5 heteroatoms. The molecule has 0 saturated carbocycles. The maximum Gasteiger partial charge on any atom is 0.270 e. The SMILES string of the molecule is Cc1cc[nH+]c(N)c1.O=C([O-])c1ccc(Br)cc1. The van der Waals surface area contributed by atoms with Crippen molar-refractivity contribution in [1.82, 2.24) is 0 Å². The molecule has 0 unspecified atom stereocenters. The van der Waals surface area contributed by atoms with Crippen molar-refractivity contribution in [2.45, 2.75) is 6.92 Å². The first-order chi connectivity index (χ1) is 8.49. The number of rotatable bonds is 1. The molecule has 0 spiro atoms. The van der Waals surface area contributed by atoms with E-state index in [1.54, 1.807) is 12.1 Å². The number of nitrogen functional groups attached to an aromatic ring is 1. The van der Waals surface area contributed by atoms with Crippen molar-refractivity contribution in [2.75, 3.05) is 5.73 Å². The van der Waals surface area contributed by atoms with E-state index < -0.39 is 5.97 Å². The molecule has 94 valence electrons. The lowest BCUT2D eigenvalue weighted by Gasteiger charge is -1.99. The van der Waals surface area contributed by atoms with Gasteiger partial charge in [-0.2, -0.15) is 0 Å². The van der Waals surface area contributed by atoms with Crippen LogP contribution < -0.4 is 15.8 Å². The van der Waals surface area contributed by atoms with E-state index >= 15 is 0 Å². The highest BCUT2D eigenvalue weighted by Crippen LogP contribution is 2.09. The third kappa shape index (κ3) is 4.97. The van der Waals surface area contributed by atoms with Gasteiger partial charge in [-0.05, 0) is 36.2 Å². The first-order valence-corrected chi connectivity index (χ1v) is 5.99. The number of carboxylic acid groups (broad SMARTS) is 1. The summed E-state index contributed by atoms with van der Waals surface area (Å²) in [5, 5.41) is 10.2. The van der Waals surface area contributed by atoms with E-state index in [-0.39, 0.29) is 5.56 Å². The topological polar surface area (TPSA) is 80.3 Å². The number of benzene rings is 1. The molecule has 0 radical (unpaired) electrons. The first-order valence-electron chi connectivity index (χ1n) is 5.20. The highest BCUT2D eigenvalue weighted by Gasteiger charge is 1.90. The quantitative estimate of drug-likeness (QED) is 0.859. The number of hydrogen-bond donors (Lipinski definition) is 1. The van der Waals surface area contributed by atoms with Gasteiger partial charge in [0.25, 0.3) is 5.82 Å². The third-order valence-electron chi connectivity index (χ3n) is 2.06. The molecule has 2 aromatic rings. The molecule has 2 rings (SSSR count). The highest BCUT2D eigenvalue weighted by molar-refractivity contribution is 9.10. The number of H-pyrrole nitrogens is 1. The molecule has 3 N–H and O–H groups in total. The van der Waals surface area contributed by atoms with E-state index in [2.05, 4.69) is 20.9 Å². The summed E-state index contributed by atoms with van der Waals surface area (Å²) < 4.78 is 0.859. The van der Waals surface area contributed by atoms with E-state index in [1.165, 1.54) is 17.7 Å². The Bertz CT molecular complexity index is 510. The molecule has 0 amide bonds. The summed E-state index contributed by atoms with van der Waals surface area (Å²) in [6.07, 6.45) is 1.82. The number of pyridine rings is 1. The fourth-order valence-corrected chi connectivity index (χ4v) is 1.45. The van der Waals surface area contributed by atoms with Crippen molar-refractivity contribution >= 4 is 27.7 Å². The van der Waals surface area contributed by atoms with Gasteiger partial charge in [0, 0.05) is 10.5 Å². The van der Waals surface area contributed by atoms with Crippen LogP contribution >= 0.6 is 15.9 Å². The molecule has 18 heavy (non-hydrogen) atoms. The second-order valence-electron chi connectivity index (χ2n) is 3.62. The van der Waals surface area contributed by atoms with Gasteiger partial charge in [0.1, 0.15) is 0 Å². The fraction of sp³-hybridized carbons (Fsp3) is 0.0769. The lowest BCUT2D eigenvalue weighted by molar-refractivity contribution is -0.360. The molecule has 1 aromatic carbocycles. The van der Waals surface area contributed by atoms with Crippen LogP contribution in [0.5, 0.6) is 0 Å². The van der Waals surface area contributed by atoms with Crippen molar-refractivity contribution in [3.05, 3.63) is 58.2 Å². The Balaban J connectivity index is 0.000000184. The monoisotopic (exact) mass is 308 g/mol. The first kappa shape index (κ1) is 14.2. The second kappa shape index (κ2) is 6.76. The normalized spacial score (nSPS) is 9.22. The van der Waals surface area contributed by atoms with Crippen molar-refractivity contribution in [1.29, 1.82) is 0 Å². The summed E-state index contributed by atoms with van der Waals surface area (Å²) in [5.74, 6) is -0.433. The smallest absolute Gasteiger partial charge is 0.270 e. The molecular weight excluding hydrogens is 296 g/mol. The summed E-state index contributed by atoms with van der Waals surface area (Å²) in [6.45, 7) is 2.00. The minimum atomic E-state index is -1.15. The number of aromatic amines is 1. The van der Waals surface area contributed by atoms with E-state index in [0.29, 0.717) is 5.82 Å². The van der Waals surface area contributed by atoms with Crippen LogP contribution in [0.3, 0.4) is 0 Å². The lowest BCUT2D eigenvalue weighted by Crippen LogP contribution is -2.21. The molecule has 1 aromatic heterocycles. The number of carbonyl (C=O) groups is 1. The van der Waals surface area contributed by atoms with Gasteiger partial charge in [-0.15, -0.1) is 0 Å². The standard InChI is InChI=1S/C7H5BrO2.C6H8N2/c8-6-3-1-5(2-4-6)7(9)10;1-5-2-3-8-6(7)4-5/h1-4H,(H,9,10);2-4H,1H3,(H2,7,8). The summed E-state index contributed by atoms with van der Waals surface area (Å²) >= 11 is 3.18. The Morgan fingerprint density at radius 3 is 2.28 bits per heavy atom. The van der Waals surface area contributed by atoms with E-state index in [4.69, 9.17) is 5.73 Å². The number of halogens is 1. The van der Waals surface area contributed by atoms with Crippen molar-refractivity contribution in [3.8, 4) is 0 Å². The molecule has 0 fully saturated rings. The van der Waals surface area contributed by atoms with Crippen LogP contribution in [-0.4, -0.2) is 5.97 Å². The number of aryl methyl sites for hydroxylation is 1. The van der Waals surface area contributed by atoms with Gasteiger partial charge in [0.2, 0.25) is 0 Å². The average molecular weight is 309 g/mol. The van der Waals surface area contributed by atoms with Crippen LogP contribution in [0.25, 0.3) is 0 Å². The van der Waals surface area contributed by atoms with Crippen LogP contribution in [-0.2, 0) is 0 Å². The minimum Gasteiger partial charge on any atom is -0.545 e. The van der Waals surface area contributed by atoms with Gasteiger partial charge in [-0.25, -0.2) is 4.98 Å². The highest BCUT2D eigenvalue weighted by atomic mass is 79.9. The molecule has 4 nitrogen and oxygen atoms in total. The predicted octanol–water partition coefficient (Wildman–Crippen LogP) is 1.20. The van der Waals surface area contributed by atoms with Crippen molar-refractivity contribution < 1.29 is 14.9 Å². The van der Waals surface area contributed by atoms with Gasteiger partial charge in [0.15, 0.2) is 0 Å². The average Bonchev–Trinajstić information content (AvgIpc) is 2.30. The molecule has 0 atom stereocenters. The van der Waals surface area contributed by atoms with Gasteiger partial charge < -0.3 is 9.90 Å². The van der Waals surface area contributed by atoms with Crippen LogP contribution in [0, 0.1) is 6.92 Å². The number of carboxylic acids is 1. The maximum absolute atomic E-state index is 10.2. The Kier molecular flexibility index (Phi) is 5.32. The van der Waals surface area contributed by atoms with Gasteiger partial charge >= 0.3 is 0 Å². The van der Waals surface area contributed by atoms with E-state index in [9.17, 15) is 9.90 Å². The molecule has 0 saturated heterocycles. The van der Waals surface area contributed by atoms with Crippen LogP contribution in [0.1, 0.15) is 15.9 Å². The number of nitrogens with one attached hydrogen (secondary N) is 1. The molecule has 0 aliphatic rings. The van der Waals surface area contributed by atoms with E-state index in [1.807, 2.05) is 25.3 Å². The molecule has 0 aliphatic carbocycles. The van der Waals surface area contributed by atoms with Gasteiger partial charge in [0.05, 0.1) is 12.2 Å². The van der Waals surface area contributed by atoms with Crippen LogP contribution in [0.4, 0.5) is 5.82 Å². The Hall–Kier alpha value is -1.88. The van der Waals surface area contributed by atoms with Crippen LogP contribution in [0.2, 0.25) is 0 Å². The van der Waals surface area contributed by atoms with Crippen molar-refractivity contribution in [2.24, 2.45) is 0 Å². The van der Waals surface area contributed by atoms with E-state index in [0.717, 1.165) is 4.47 Å². The molecule has 0 bridgehead atoms. The summed E-state index contributed by atoms with van der Waals surface area (Å²) in [5.41, 5.74) is 6.78. The molecule has 0 aliphatic heterocycles. The second-order valence-corrected chi connectivity index (χ2v) is 4.53. The number of hydrogen-bond acceptors (Lipinski definition) is 3. The predicted molar refractivity (Wildman–Crippen MR) is 70.6 cm³/mol. The third-order valence-corrected chi connectivity index (χ3v) is 2.59. The summed E-state index contributed by atoms with van der Waals surface area (Å²) in [6, 6.07) is 10.1. The van der Waals surface area contributed by atoms with Crippen LogP contribution in [0.15, 0.2) is 47.1 Å². The number of aromatic nitrogens is 1. The lowest BCUT2D eigenvalue weighted by atomic mass is 10.2. The Labute approximate surface area is 114 Å². The van der Waals surface area contributed by atoms with Gasteiger partial charge in [-0.3, -0.25) is 5.73 Å². The Morgan fingerprint density at radius 1 is 1.28 bits per heavy atom. The zero-order valence-corrected chi connectivity index (χ0v) is 11.4. The molecular formula is C13H13BrN2O2. The maximum atomic E-state index is 10.2. The number of anilines is 1. The zero-order valence-electron chi connectivity index (χ0n) is 9.81. The van der Waals surface area contributed by atoms with Crippen molar-refractivity contribution in [3.63, 3.8) is 0 Å². The molecule has 1 heterocycles. The number of nitrogens with two attached hydrogens (primary N) is 1. The minimum absolute atomic E-state index is 0.197. The summed E-state index contributed by atoms with van der Waals surface area (Å²) in [4.78, 5) is 13.0. The fourth-order valence-electron chi connectivity index (χ4n) is 1.19. The van der Waals surface area contributed by atoms with Gasteiger partial charge in [-0.1, -0.05) is 28.1 Å². The summed E-state index contributed by atoms with van der Waals surface area (Å²) in [7, 11) is 0. The number of carbonyl (C=O) groups excluding carboxylic acids is 1.